The monoisotopic (exact) mass is 518 g/mol. The highest BCUT2D eigenvalue weighted by Crippen LogP contribution is 2.33. The topological polar surface area (TPSA) is 75.7 Å². The fourth-order valence-electron chi connectivity index (χ4n) is 3.21. The number of nitrogens with one attached hydrogen (secondary N) is 1. The van der Waals surface area contributed by atoms with Crippen molar-refractivity contribution in [2.75, 3.05) is 30.3 Å². The third-order valence-corrected chi connectivity index (χ3v) is 8.05. The predicted octanol–water partition coefficient (Wildman–Crippen LogP) is 5.07. The average molecular weight is 519 g/mol. The van der Waals surface area contributed by atoms with E-state index in [1.165, 1.54) is 7.11 Å². The Morgan fingerprint density at radius 2 is 1.65 bits per heavy atom. The Balaban J connectivity index is 1.78. The van der Waals surface area contributed by atoms with Crippen molar-refractivity contribution in [3.8, 4) is 5.75 Å². The molecule has 0 radical (unpaired) electrons. The van der Waals surface area contributed by atoms with Crippen molar-refractivity contribution >= 4 is 45.0 Å². The number of carbonyl (C=O) groups is 1. The Morgan fingerprint density at radius 3 is 2.29 bits per heavy atom. The van der Waals surface area contributed by atoms with Gasteiger partial charge < -0.3 is 10.1 Å². The van der Waals surface area contributed by atoms with Gasteiger partial charge in [-0.1, -0.05) is 35.4 Å². The molecule has 3 aromatic carbocycles. The molecule has 0 aliphatic carbocycles. The first-order valence-electron chi connectivity index (χ1n) is 10.6. The van der Waals surface area contributed by atoms with Gasteiger partial charge in [0.05, 0.1) is 17.7 Å². The number of hydrogen-bond donors (Lipinski definition) is 1. The lowest BCUT2D eigenvalue weighted by molar-refractivity contribution is -0.119. The molecule has 0 aromatic heterocycles. The summed E-state index contributed by atoms with van der Waals surface area (Å²) < 4.78 is 33.7. The summed E-state index contributed by atoms with van der Waals surface area (Å²) in [6, 6.07) is 19.2. The molecule has 0 spiro atoms. The Hall–Kier alpha value is -2.68. The van der Waals surface area contributed by atoms with Crippen LogP contribution in [0, 0.1) is 13.8 Å². The molecule has 3 rings (SSSR count). The van der Waals surface area contributed by atoms with E-state index in [2.05, 4.69) is 5.32 Å². The number of benzene rings is 3. The van der Waals surface area contributed by atoms with E-state index >= 15 is 0 Å². The minimum atomic E-state index is -4.02. The van der Waals surface area contributed by atoms with Crippen LogP contribution < -0.4 is 14.4 Å². The number of aryl methyl sites for hydroxylation is 2. The summed E-state index contributed by atoms with van der Waals surface area (Å²) in [6.07, 6.45) is 0. The largest absolute Gasteiger partial charge is 0.495 e. The van der Waals surface area contributed by atoms with E-state index in [9.17, 15) is 13.2 Å². The van der Waals surface area contributed by atoms with Crippen LogP contribution in [0.4, 0.5) is 5.69 Å². The zero-order chi connectivity index (χ0) is 24.7. The van der Waals surface area contributed by atoms with Crippen molar-refractivity contribution in [1.29, 1.82) is 0 Å². The summed E-state index contributed by atoms with van der Waals surface area (Å²) in [7, 11) is -2.55. The first-order chi connectivity index (χ1) is 16.2. The van der Waals surface area contributed by atoms with Gasteiger partial charge >= 0.3 is 0 Å². The normalized spacial score (nSPS) is 11.2. The third kappa shape index (κ3) is 6.68. The average Bonchev–Trinajstić information content (AvgIpc) is 2.81. The number of carbonyl (C=O) groups excluding carboxylic acids is 1. The van der Waals surface area contributed by atoms with Crippen molar-refractivity contribution < 1.29 is 17.9 Å². The number of rotatable bonds is 10. The van der Waals surface area contributed by atoms with E-state index in [-0.39, 0.29) is 11.4 Å². The lowest BCUT2D eigenvalue weighted by Crippen LogP contribution is -2.41. The Labute approximate surface area is 210 Å². The highest BCUT2D eigenvalue weighted by molar-refractivity contribution is 7.99. The number of nitrogens with zero attached hydrogens (tertiary/aromatic N) is 1. The Bertz CT molecular complexity index is 1230. The van der Waals surface area contributed by atoms with E-state index in [1.807, 2.05) is 44.2 Å². The molecule has 0 aliphatic heterocycles. The van der Waals surface area contributed by atoms with Crippen molar-refractivity contribution in [1.82, 2.24) is 5.32 Å². The van der Waals surface area contributed by atoms with Crippen LogP contribution >= 0.6 is 23.4 Å². The van der Waals surface area contributed by atoms with Gasteiger partial charge in [-0.2, -0.15) is 0 Å². The second kappa shape index (κ2) is 11.6. The minimum Gasteiger partial charge on any atom is -0.495 e. The second-order valence-corrected chi connectivity index (χ2v) is 11.1. The molecule has 9 heteroatoms. The van der Waals surface area contributed by atoms with Crippen LogP contribution in [-0.2, 0) is 14.8 Å². The van der Waals surface area contributed by atoms with Crippen LogP contribution in [0.1, 0.15) is 11.1 Å². The first kappa shape index (κ1) is 25.9. The van der Waals surface area contributed by atoms with Crippen molar-refractivity contribution in [3.05, 3.63) is 82.9 Å². The van der Waals surface area contributed by atoms with Crippen LogP contribution in [0.15, 0.2) is 76.5 Å². The maximum atomic E-state index is 13.6. The smallest absolute Gasteiger partial charge is 0.264 e. The van der Waals surface area contributed by atoms with Crippen LogP contribution in [0.2, 0.25) is 5.02 Å². The second-order valence-electron chi connectivity index (χ2n) is 7.65. The van der Waals surface area contributed by atoms with Gasteiger partial charge in [0.25, 0.3) is 10.0 Å². The van der Waals surface area contributed by atoms with Gasteiger partial charge in [0.15, 0.2) is 0 Å². The van der Waals surface area contributed by atoms with Gasteiger partial charge in [0.1, 0.15) is 12.3 Å². The molecule has 180 valence electrons. The highest BCUT2D eigenvalue weighted by Gasteiger charge is 2.29. The Morgan fingerprint density at radius 1 is 1.00 bits per heavy atom. The molecule has 3 aromatic rings. The first-order valence-corrected chi connectivity index (χ1v) is 13.4. The maximum absolute atomic E-state index is 13.6. The number of ether oxygens (including phenoxy) is 1. The summed E-state index contributed by atoms with van der Waals surface area (Å²) in [4.78, 5) is 14.0. The summed E-state index contributed by atoms with van der Waals surface area (Å²) in [5.74, 6) is 0.592. The lowest BCUT2D eigenvalue weighted by atomic mass is 10.2. The van der Waals surface area contributed by atoms with Gasteiger partial charge in [0.2, 0.25) is 5.91 Å². The van der Waals surface area contributed by atoms with Gasteiger partial charge in [-0.05, 0) is 67.9 Å². The predicted molar refractivity (Wildman–Crippen MR) is 139 cm³/mol. The zero-order valence-electron chi connectivity index (χ0n) is 19.2. The van der Waals surface area contributed by atoms with Crippen molar-refractivity contribution in [2.24, 2.45) is 0 Å². The highest BCUT2D eigenvalue weighted by atomic mass is 35.5. The zero-order valence-corrected chi connectivity index (χ0v) is 21.6. The van der Waals surface area contributed by atoms with Crippen molar-refractivity contribution in [2.45, 2.75) is 23.6 Å². The van der Waals surface area contributed by atoms with Gasteiger partial charge in [-0.15, -0.1) is 11.8 Å². The minimum absolute atomic E-state index is 0.104. The van der Waals surface area contributed by atoms with Crippen LogP contribution in [-0.4, -0.2) is 40.3 Å². The van der Waals surface area contributed by atoms with E-state index in [4.69, 9.17) is 16.3 Å². The van der Waals surface area contributed by atoms with Gasteiger partial charge in [-0.3, -0.25) is 9.10 Å². The molecule has 0 saturated heterocycles. The standard InChI is InChI=1S/C25H27ClN2O4S2/c1-18-4-11-22(12-5-18)34(30,31)28(23-16-19(2)6-13-24(23)32-3)17-25(29)27-14-15-33-21-9-7-20(26)8-10-21/h4-13,16H,14-15,17H2,1-3H3,(H,27,29). The molecule has 0 fully saturated rings. The molecule has 0 unspecified atom stereocenters. The van der Waals surface area contributed by atoms with E-state index in [1.54, 1.807) is 48.2 Å². The van der Waals surface area contributed by atoms with Crippen LogP contribution in [0.25, 0.3) is 0 Å². The van der Waals surface area contributed by atoms with Crippen LogP contribution in [0.3, 0.4) is 0 Å². The van der Waals surface area contributed by atoms with Gasteiger partial charge in [-0.25, -0.2) is 8.42 Å². The van der Waals surface area contributed by atoms with Crippen LogP contribution in [0.5, 0.6) is 5.75 Å². The molecular formula is C25H27ClN2O4S2. The summed E-state index contributed by atoms with van der Waals surface area (Å²) in [6.45, 7) is 3.75. The number of methoxy groups -OCH3 is 1. The number of amides is 1. The summed E-state index contributed by atoms with van der Waals surface area (Å²) in [5, 5.41) is 3.48. The van der Waals surface area contributed by atoms with E-state index in [0.717, 1.165) is 20.3 Å². The molecule has 34 heavy (non-hydrogen) atoms. The molecule has 0 atom stereocenters. The number of sulfonamides is 1. The SMILES string of the molecule is COc1ccc(C)cc1N(CC(=O)NCCSc1ccc(Cl)cc1)S(=O)(=O)c1ccc(C)cc1. The van der Waals surface area contributed by atoms with Crippen molar-refractivity contribution in [3.63, 3.8) is 0 Å². The molecule has 0 saturated carbocycles. The molecule has 0 aliphatic rings. The van der Waals surface area contributed by atoms with E-state index in [0.29, 0.717) is 28.8 Å². The number of anilines is 1. The third-order valence-electron chi connectivity index (χ3n) is 5.01. The maximum Gasteiger partial charge on any atom is 0.264 e. The molecule has 0 bridgehead atoms. The number of thioether (sulfide) groups is 1. The molecule has 0 heterocycles. The van der Waals surface area contributed by atoms with Gasteiger partial charge in [0, 0.05) is 22.2 Å². The van der Waals surface area contributed by atoms with E-state index < -0.39 is 15.9 Å². The summed E-state index contributed by atoms with van der Waals surface area (Å²) >= 11 is 7.48. The summed E-state index contributed by atoms with van der Waals surface area (Å²) in [5.41, 5.74) is 2.10. The number of hydrogen-bond acceptors (Lipinski definition) is 5. The molecular weight excluding hydrogens is 492 g/mol. The fraction of sp³-hybridized carbons (Fsp3) is 0.240. The fourth-order valence-corrected chi connectivity index (χ4v) is 5.53. The Kier molecular flexibility index (Phi) is 8.88. The molecule has 1 amide bonds. The number of halogens is 1. The molecule has 1 N–H and O–H groups in total. The molecule has 6 nitrogen and oxygen atoms in total. The lowest BCUT2D eigenvalue weighted by Gasteiger charge is -2.26. The quantitative estimate of drug-likeness (QED) is 0.299.